The van der Waals surface area contributed by atoms with E-state index in [1.54, 1.807) is 6.92 Å². The van der Waals surface area contributed by atoms with Crippen LogP contribution in [-0.2, 0) is 38.5 Å². The number of alkyl halides is 1. The molecule has 0 bridgehead atoms. The molecule has 12 heterocycles. The summed E-state index contributed by atoms with van der Waals surface area (Å²) in [6.07, 6.45) is 34.8. The molecule has 7 aliphatic carbocycles. The Balaban J connectivity index is 0.000000136. The third-order valence-electron chi connectivity index (χ3n) is 24.6. The fraction of sp³-hybridized carbons (Fsp3) is 0.514. The Bertz CT molecular complexity index is 7680. The minimum Gasteiger partial charge on any atom is -0.451 e. The number of hydrogen-bond acceptors (Lipinski definition) is 29. The lowest BCUT2D eigenvalue weighted by Gasteiger charge is -2.09. The number of H-pyrrole nitrogens is 6. The van der Waals surface area contributed by atoms with Crippen LogP contribution in [0.5, 0.6) is 30.1 Å². The third-order valence-corrected chi connectivity index (χ3v) is 24.6. The van der Waals surface area contributed by atoms with Crippen LogP contribution in [0.25, 0.3) is 66.6 Å². The predicted octanol–water partition coefficient (Wildman–Crippen LogP) is 15.0. The molecule has 7 saturated carbocycles. The van der Waals surface area contributed by atoms with Crippen molar-refractivity contribution in [2.75, 3.05) is 26.4 Å². The molecule has 12 aromatic rings. The van der Waals surface area contributed by atoms with Crippen LogP contribution in [0.2, 0.25) is 0 Å². The Kier molecular flexibility index (Phi) is 37.2. The van der Waals surface area contributed by atoms with Gasteiger partial charge in [0.2, 0.25) is 34.3 Å². The van der Waals surface area contributed by atoms with Gasteiger partial charge >= 0.3 is 63.8 Å². The molecule has 7 aliphatic rings. The summed E-state index contributed by atoms with van der Waals surface area (Å²) in [6, 6.07) is 8.37. The van der Waals surface area contributed by atoms with Crippen molar-refractivity contribution < 1.29 is 54.6 Å². The highest BCUT2D eigenvalue weighted by atomic mass is 19.1. The largest absolute Gasteiger partial charge is 0.451 e. The summed E-state index contributed by atoms with van der Waals surface area (Å²) in [5.41, 5.74) is -1.16. The molecule has 143 heavy (non-hydrogen) atoms. The lowest BCUT2D eigenvalue weighted by Crippen LogP contribution is -2.18. The standard InChI is InChI=1S/C20H24N2O4.C19H22N2O4.C18H18N2O4.C18H20N2O4.C17H18N2O4.C15H17FN2O3/c1-2-3-4-5-6-12-25-20-21-18(24)17-15(9-7-8-14-10-11-14)13-16(23)26-19(17)22-20;1-3-4-6-12(2)24-19-20-17(23)16-14(8-5-7-13-9-10-13)11-15(22)25-18(16)21-19;21-14-10-13(8-7-12-5-6-12)15-16(22)19-18(20-17(15)24-14)23-9-1-2-11-3-4-11;1-2-3-4-5-10-23-18-19-16(22)15-13(9-8-12-6-7-12)11-14(21)24-17(15)20-18;1-2-3-4-9-22-17-18-15(21)14-12(8-7-11-5-6-11)10-13(20)23-16(14)19-17;1-8(16)13-17-14(20)12-10(4-2-3-9-5-6-9)7-11(19)21-15(12)18-13/h13-14H,2-4,7-12H2,1H3,(H,21,22,24);11-13H,3,5,7-10H2,1-2H3,(H,20,21,23);10-12H,3-9H2,(H,19,20,22);11-12H,2-3,6-10H2,1H3,(H,19,20,22);10-11H,2,5-9H2,1H3,(H,18,19,21);7-9H,2-6H2,1H3,(H,17,18,20). The molecule has 0 aliphatic heterocycles. The van der Waals surface area contributed by atoms with Crippen LogP contribution in [-0.4, -0.2) is 92.3 Å². The molecule has 12 aromatic heterocycles. The number of nitrogens with zero attached hydrogens (tertiary/aromatic N) is 6. The van der Waals surface area contributed by atoms with Crippen molar-refractivity contribution in [2.24, 2.45) is 41.4 Å². The molecule has 2 unspecified atom stereocenters. The molecule has 6 N–H and O–H groups in total. The molecule has 2 atom stereocenters. The average Bonchev–Trinajstić information content (AvgIpc) is 1.57. The second kappa shape index (κ2) is 51.1. The molecule has 36 heteroatoms. The zero-order valence-corrected chi connectivity index (χ0v) is 81.4. The summed E-state index contributed by atoms with van der Waals surface area (Å²) in [6.45, 7) is 11.6. The molecule has 0 aromatic carbocycles. The fourth-order valence-electron chi connectivity index (χ4n) is 15.9. The van der Waals surface area contributed by atoms with Gasteiger partial charge in [-0.15, -0.1) is 5.92 Å². The van der Waals surface area contributed by atoms with E-state index in [-0.39, 0.29) is 130 Å². The van der Waals surface area contributed by atoms with Gasteiger partial charge in [-0.1, -0.05) is 184 Å². The topological polar surface area (TPSA) is 502 Å². The second-order valence-corrected chi connectivity index (χ2v) is 37.0. The summed E-state index contributed by atoms with van der Waals surface area (Å²) < 4.78 is 70.6. The molecule has 0 radical (unpaired) electrons. The first kappa shape index (κ1) is 104. The van der Waals surface area contributed by atoms with E-state index in [4.69, 9.17) is 50.2 Å². The monoisotopic (exact) mass is 1960 g/mol. The van der Waals surface area contributed by atoms with E-state index in [1.165, 1.54) is 120 Å². The van der Waals surface area contributed by atoms with Gasteiger partial charge in [0.25, 0.3) is 33.4 Å². The molecule has 0 saturated heterocycles. The van der Waals surface area contributed by atoms with Gasteiger partial charge in [0.05, 0.1) is 0 Å². The third kappa shape index (κ3) is 32.7. The number of aromatic amines is 6. The Morgan fingerprint density at radius 3 is 0.916 bits per heavy atom. The highest BCUT2D eigenvalue weighted by molar-refractivity contribution is 5.80. The molecular weight excluding hydrogens is 1840 g/mol. The number of aryl methyl sites for hydroxylation is 6. The number of nitrogens with one attached hydrogen (secondary N) is 6. The van der Waals surface area contributed by atoms with Crippen LogP contribution < -0.4 is 90.8 Å². The van der Waals surface area contributed by atoms with Gasteiger partial charge in [-0.2, -0.15) is 29.9 Å². The van der Waals surface area contributed by atoms with Gasteiger partial charge in [-0.3, -0.25) is 53.7 Å². The van der Waals surface area contributed by atoms with Crippen LogP contribution in [0.3, 0.4) is 0 Å². The molecule has 0 spiro atoms. The quantitative estimate of drug-likeness (QED) is 0.0159. The first-order chi connectivity index (χ1) is 69.3. The van der Waals surface area contributed by atoms with Crippen molar-refractivity contribution >= 4 is 66.6 Å². The van der Waals surface area contributed by atoms with Crippen LogP contribution >= 0.6 is 0 Å². The van der Waals surface area contributed by atoms with E-state index in [0.717, 1.165) is 127 Å². The molecule has 0 amide bonds. The Morgan fingerprint density at radius 2 is 0.608 bits per heavy atom. The predicted molar refractivity (Wildman–Crippen MR) is 534 cm³/mol. The number of unbranched alkanes of at least 4 members (excludes halogenated alkanes) is 3. The van der Waals surface area contributed by atoms with Gasteiger partial charge in [0.1, 0.15) is 38.1 Å². The minimum absolute atomic E-state index is 0.00804. The normalized spacial score (nSPS) is 14.7. The molecule has 7 fully saturated rings. The highest BCUT2D eigenvalue weighted by Crippen LogP contribution is 2.39. The lowest BCUT2D eigenvalue weighted by atomic mass is 10.1. The first-order valence-corrected chi connectivity index (χ1v) is 49.9. The van der Waals surface area contributed by atoms with Crippen molar-refractivity contribution in [3.63, 3.8) is 0 Å². The number of rotatable bonds is 35. The van der Waals surface area contributed by atoms with Crippen LogP contribution in [0.15, 0.2) is 120 Å². The molecule has 752 valence electrons. The summed E-state index contributed by atoms with van der Waals surface area (Å²) >= 11 is 0. The smallest absolute Gasteiger partial charge is 0.337 e. The van der Waals surface area contributed by atoms with E-state index >= 15 is 0 Å². The highest BCUT2D eigenvalue weighted by Gasteiger charge is 2.29. The van der Waals surface area contributed by atoms with E-state index in [2.05, 4.69) is 126 Å². The summed E-state index contributed by atoms with van der Waals surface area (Å²) in [4.78, 5) is 184. The van der Waals surface area contributed by atoms with E-state index in [9.17, 15) is 61.9 Å². The van der Waals surface area contributed by atoms with Crippen molar-refractivity contribution in [3.05, 3.63) is 200 Å². The van der Waals surface area contributed by atoms with E-state index in [1.807, 2.05) is 20.8 Å². The number of fused-ring (bicyclic) bond motifs is 6. The Hall–Kier alpha value is -14.7. The van der Waals surface area contributed by atoms with Crippen molar-refractivity contribution in [3.8, 4) is 89.3 Å². The maximum atomic E-state index is 13.3. The zero-order chi connectivity index (χ0) is 101. The first-order valence-electron chi connectivity index (χ1n) is 49.9. The Morgan fingerprint density at radius 1 is 0.322 bits per heavy atom. The number of halogens is 1. The van der Waals surface area contributed by atoms with Crippen molar-refractivity contribution in [2.45, 2.75) is 285 Å². The average molecular weight is 1960 g/mol. The van der Waals surface area contributed by atoms with Gasteiger partial charge in [-0.25, -0.2) is 33.2 Å². The number of ether oxygens (including phenoxy) is 5. The van der Waals surface area contributed by atoms with E-state index in [0.29, 0.717) is 129 Å². The fourth-order valence-corrected chi connectivity index (χ4v) is 15.9. The van der Waals surface area contributed by atoms with Gasteiger partial charge in [0.15, 0.2) is 38.7 Å². The number of aromatic nitrogens is 12. The summed E-state index contributed by atoms with van der Waals surface area (Å²) in [5.74, 6) is 34.0. The molecular formula is C107H119FN12O23. The zero-order valence-electron chi connectivity index (χ0n) is 81.4. The van der Waals surface area contributed by atoms with Gasteiger partial charge in [-0.05, 0) is 185 Å². The SMILES string of the molecule is CC(F)c1nc2oc(=O)cc(CCCC3CC3)c2c(=O)[nH]1.CCC#CC(C)Oc1nc2oc(=O)cc(CCCC3CC3)c2c(=O)[nH]1.CCC#CCOc1nc2oc(=O)cc(CCC3CC3)c2c(=O)[nH]1.CCCC#CCOc1nc2oc(=O)cc(CCC3CC3)c2c(=O)[nH]1.CCCCC#CCOc1nc2oc(=O)cc(CCCC3CC3)c2c(=O)[nH]1.O=c1cc(CCC2CC2)c2c(=O)[nH]c(OCC#CC3CC3)nc2o1. The summed E-state index contributed by atoms with van der Waals surface area (Å²) in [7, 11) is 0. The van der Waals surface area contributed by atoms with Crippen LogP contribution in [0.1, 0.15) is 280 Å². The second-order valence-electron chi connectivity index (χ2n) is 37.0. The lowest BCUT2D eigenvalue weighted by molar-refractivity contribution is 0.255. The Labute approximate surface area is 819 Å². The van der Waals surface area contributed by atoms with Crippen molar-refractivity contribution in [1.29, 1.82) is 0 Å². The van der Waals surface area contributed by atoms with Crippen molar-refractivity contribution in [1.82, 2.24) is 59.8 Å². The van der Waals surface area contributed by atoms with Crippen LogP contribution in [0.4, 0.5) is 4.39 Å². The molecule has 35 nitrogen and oxygen atoms in total. The van der Waals surface area contributed by atoms with Gasteiger partial charge < -0.3 is 55.2 Å². The molecule has 19 rings (SSSR count). The summed E-state index contributed by atoms with van der Waals surface area (Å²) in [5, 5.41) is 1.93. The van der Waals surface area contributed by atoms with Gasteiger partial charge in [0, 0.05) is 68.0 Å². The maximum absolute atomic E-state index is 13.3. The minimum atomic E-state index is -1.43. The van der Waals surface area contributed by atoms with E-state index < -0.39 is 51.6 Å². The maximum Gasteiger partial charge on any atom is 0.337 e. The van der Waals surface area contributed by atoms with Crippen LogP contribution in [0, 0.1) is 101 Å². The number of hydrogen-bond donors (Lipinski definition) is 6.